The van der Waals surface area contributed by atoms with Crippen molar-refractivity contribution in [1.29, 1.82) is 0 Å². The predicted octanol–water partition coefficient (Wildman–Crippen LogP) is 3.11. The summed E-state index contributed by atoms with van der Waals surface area (Å²) >= 11 is 11.7. The van der Waals surface area contributed by atoms with Gasteiger partial charge in [-0.1, -0.05) is 23.2 Å². The zero-order chi connectivity index (χ0) is 12.1. The molecule has 0 radical (unpaired) electrons. The second-order valence-electron chi connectivity index (χ2n) is 3.06. The molecule has 0 saturated carbocycles. The van der Waals surface area contributed by atoms with Crippen LogP contribution < -0.4 is 4.74 Å². The van der Waals surface area contributed by atoms with Crippen molar-refractivity contribution in [2.75, 3.05) is 13.7 Å². The molecule has 0 unspecified atom stereocenters. The Morgan fingerprint density at radius 2 is 1.94 bits per heavy atom. The van der Waals surface area contributed by atoms with Gasteiger partial charge in [-0.2, -0.15) is 0 Å². The molecule has 1 aromatic rings. The van der Waals surface area contributed by atoms with Gasteiger partial charge in [0.05, 0.1) is 30.2 Å². The standard InChI is InChI=1S/C11H12Cl2O3/c1-3-16-10-6-9(13)8(12)4-7(10)5-11(14)15-2/h4,6H,3,5H2,1-2H3. The van der Waals surface area contributed by atoms with Gasteiger partial charge < -0.3 is 9.47 Å². The molecule has 0 spiro atoms. The van der Waals surface area contributed by atoms with Crippen LogP contribution in [-0.2, 0) is 16.0 Å². The highest BCUT2D eigenvalue weighted by atomic mass is 35.5. The molecule has 0 fully saturated rings. The Kier molecular flexibility index (Phi) is 4.90. The molecule has 0 aliphatic rings. The lowest BCUT2D eigenvalue weighted by Gasteiger charge is -2.10. The van der Waals surface area contributed by atoms with Crippen LogP contribution in [0.5, 0.6) is 5.75 Å². The Morgan fingerprint density at radius 3 is 2.50 bits per heavy atom. The van der Waals surface area contributed by atoms with E-state index in [0.717, 1.165) is 0 Å². The predicted molar refractivity (Wildman–Crippen MR) is 63.4 cm³/mol. The van der Waals surface area contributed by atoms with E-state index in [-0.39, 0.29) is 12.4 Å². The van der Waals surface area contributed by atoms with Gasteiger partial charge in [0.2, 0.25) is 0 Å². The molecule has 88 valence electrons. The molecule has 3 nitrogen and oxygen atoms in total. The molecule has 0 saturated heterocycles. The lowest BCUT2D eigenvalue weighted by atomic mass is 10.1. The first-order valence-corrected chi connectivity index (χ1v) is 5.51. The van der Waals surface area contributed by atoms with Crippen LogP contribution in [0.1, 0.15) is 12.5 Å². The average molecular weight is 263 g/mol. The van der Waals surface area contributed by atoms with Crippen molar-refractivity contribution in [1.82, 2.24) is 0 Å². The van der Waals surface area contributed by atoms with Gasteiger partial charge in [-0.05, 0) is 13.0 Å². The van der Waals surface area contributed by atoms with E-state index >= 15 is 0 Å². The van der Waals surface area contributed by atoms with Gasteiger partial charge in [-0.15, -0.1) is 0 Å². The first kappa shape index (κ1) is 13.1. The van der Waals surface area contributed by atoms with Crippen LogP contribution in [0, 0.1) is 0 Å². The first-order chi connectivity index (χ1) is 7.58. The number of rotatable bonds is 4. The summed E-state index contributed by atoms with van der Waals surface area (Å²) in [6.07, 6.45) is 0.114. The molecule has 0 N–H and O–H groups in total. The Morgan fingerprint density at radius 1 is 1.31 bits per heavy atom. The fourth-order valence-corrected chi connectivity index (χ4v) is 1.57. The smallest absolute Gasteiger partial charge is 0.310 e. The fourth-order valence-electron chi connectivity index (χ4n) is 1.23. The van der Waals surface area contributed by atoms with E-state index < -0.39 is 0 Å². The third-order valence-corrected chi connectivity index (χ3v) is 2.69. The van der Waals surface area contributed by atoms with E-state index in [4.69, 9.17) is 27.9 Å². The maximum atomic E-state index is 11.2. The van der Waals surface area contributed by atoms with Crippen molar-refractivity contribution in [2.24, 2.45) is 0 Å². The number of hydrogen-bond donors (Lipinski definition) is 0. The van der Waals surface area contributed by atoms with Crippen molar-refractivity contribution in [3.63, 3.8) is 0 Å². The van der Waals surface area contributed by atoms with Crippen LogP contribution in [0.2, 0.25) is 10.0 Å². The zero-order valence-electron chi connectivity index (χ0n) is 9.05. The minimum absolute atomic E-state index is 0.114. The largest absolute Gasteiger partial charge is 0.494 e. The Bertz CT molecular complexity index is 391. The van der Waals surface area contributed by atoms with Gasteiger partial charge in [0.15, 0.2) is 0 Å². The third-order valence-electron chi connectivity index (χ3n) is 1.97. The Hall–Kier alpha value is -0.930. The van der Waals surface area contributed by atoms with Gasteiger partial charge in [-0.3, -0.25) is 4.79 Å². The highest BCUT2D eigenvalue weighted by molar-refractivity contribution is 6.42. The summed E-state index contributed by atoms with van der Waals surface area (Å²) in [6, 6.07) is 3.22. The minimum atomic E-state index is -0.348. The van der Waals surface area contributed by atoms with E-state index in [1.807, 2.05) is 6.92 Å². The van der Waals surface area contributed by atoms with Crippen LogP contribution in [0.3, 0.4) is 0 Å². The van der Waals surface area contributed by atoms with Gasteiger partial charge >= 0.3 is 5.97 Å². The highest BCUT2D eigenvalue weighted by Crippen LogP contribution is 2.31. The van der Waals surface area contributed by atoms with E-state index in [9.17, 15) is 4.79 Å². The van der Waals surface area contributed by atoms with Crippen molar-refractivity contribution >= 4 is 29.2 Å². The summed E-state index contributed by atoms with van der Waals surface area (Å²) in [6.45, 7) is 2.34. The summed E-state index contributed by atoms with van der Waals surface area (Å²) in [4.78, 5) is 11.2. The van der Waals surface area contributed by atoms with Crippen molar-refractivity contribution < 1.29 is 14.3 Å². The number of hydrogen-bond acceptors (Lipinski definition) is 3. The highest BCUT2D eigenvalue weighted by Gasteiger charge is 2.12. The number of halogens is 2. The topological polar surface area (TPSA) is 35.5 Å². The molecule has 0 aliphatic heterocycles. The maximum Gasteiger partial charge on any atom is 0.310 e. The van der Waals surface area contributed by atoms with Crippen LogP contribution in [0.25, 0.3) is 0 Å². The molecule has 0 heterocycles. The molecule has 0 aromatic heterocycles. The molecular weight excluding hydrogens is 251 g/mol. The van der Waals surface area contributed by atoms with Crippen molar-refractivity contribution in [3.05, 3.63) is 27.7 Å². The van der Waals surface area contributed by atoms with Crippen LogP contribution >= 0.6 is 23.2 Å². The minimum Gasteiger partial charge on any atom is -0.494 e. The van der Waals surface area contributed by atoms with Crippen molar-refractivity contribution in [2.45, 2.75) is 13.3 Å². The molecule has 1 aromatic carbocycles. The summed E-state index contributed by atoms with van der Waals surface area (Å²) in [5.41, 5.74) is 0.670. The number of carbonyl (C=O) groups is 1. The van der Waals surface area contributed by atoms with Crippen LogP contribution in [0.15, 0.2) is 12.1 Å². The number of ether oxygens (including phenoxy) is 2. The second kappa shape index (κ2) is 5.97. The van der Waals surface area contributed by atoms with E-state index in [1.165, 1.54) is 7.11 Å². The maximum absolute atomic E-state index is 11.2. The Balaban J connectivity index is 3.03. The van der Waals surface area contributed by atoms with Gasteiger partial charge in [-0.25, -0.2) is 0 Å². The summed E-state index contributed by atoms with van der Waals surface area (Å²) in [7, 11) is 1.33. The lowest BCUT2D eigenvalue weighted by molar-refractivity contribution is -0.139. The van der Waals surface area contributed by atoms with Gasteiger partial charge in [0, 0.05) is 11.6 Å². The van der Waals surface area contributed by atoms with E-state index in [2.05, 4.69) is 4.74 Å². The summed E-state index contributed by atoms with van der Waals surface area (Å²) in [5.74, 6) is 0.210. The molecule has 0 aliphatic carbocycles. The molecular formula is C11H12Cl2O3. The summed E-state index contributed by atoms with van der Waals surface area (Å²) in [5, 5.41) is 0.794. The number of carbonyl (C=O) groups excluding carboxylic acids is 1. The number of methoxy groups -OCH3 is 1. The fraction of sp³-hybridized carbons (Fsp3) is 0.364. The quantitative estimate of drug-likeness (QED) is 0.783. The third kappa shape index (κ3) is 3.29. The Labute approximate surface area is 104 Å². The summed E-state index contributed by atoms with van der Waals surface area (Å²) < 4.78 is 9.95. The van der Waals surface area contributed by atoms with Crippen LogP contribution in [-0.4, -0.2) is 19.7 Å². The SMILES string of the molecule is CCOc1cc(Cl)c(Cl)cc1CC(=O)OC. The zero-order valence-corrected chi connectivity index (χ0v) is 10.6. The average Bonchev–Trinajstić information content (AvgIpc) is 2.25. The lowest BCUT2D eigenvalue weighted by Crippen LogP contribution is -2.06. The van der Waals surface area contributed by atoms with Crippen molar-refractivity contribution in [3.8, 4) is 5.75 Å². The molecule has 16 heavy (non-hydrogen) atoms. The molecule has 0 amide bonds. The van der Waals surface area contributed by atoms with Crippen LogP contribution in [0.4, 0.5) is 0 Å². The number of esters is 1. The van der Waals surface area contributed by atoms with Gasteiger partial charge in [0.25, 0.3) is 0 Å². The number of benzene rings is 1. The molecule has 0 bridgehead atoms. The second-order valence-corrected chi connectivity index (χ2v) is 3.87. The monoisotopic (exact) mass is 262 g/mol. The molecule has 5 heteroatoms. The van der Waals surface area contributed by atoms with E-state index in [1.54, 1.807) is 12.1 Å². The first-order valence-electron chi connectivity index (χ1n) is 4.76. The van der Waals surface area contributed by atoms with E-state index in [0.29, 0.717) is 28.0 Å². The van der Waals surface area contributed by atoms with Gasteiger partial charge in [0.1, 0.15) is 5.75 Å². The normalized spacial score (nSPS) is 10.0. The molecule has 0 atom stereocenters. The molecule has 1 rings (SSSR count).